The molecule has 4 aromatic rings. The van der Waals surface area contributed by atoms with Gasteiger partial charge >= 0.3 is 0 Å². The fraction of sp³-hybridized carbons (Fsp3) is 0. The van der Waals surface area contributed by atoms with Gasteiger partial charge in [-0.25, -0.2) is 0 Å². The van der Waals surface area contributed by atoms with Crippen molar-refractivity contribution in [2.24, 2.45) is 0 Å². The number of fused-ring (bicyclic) bond motifs is 2. The molecule has 3 heteroatoms. The van der Waals surface area contributed by atoms with Crippen LogP contribution < -0.4 is 5.73 Å². The molecule has 0 spiro atoms. The summed E-state index contributed by atoms with van der Waals surface area (Å²) >= 11 is 0. The van der Waals surface area contributed by atoms with Crippen molar-refractivity contribution in [1.29, 1.82) is 0 Å². The van der Waals surface area contributed by atoms with Crippen LogP contribution in [0.3, 0.4) is 0 Å². The SMILES string of the molecule is Nc1cc(-c2ccccc2)c(-c2ccccc2)c2c1C(=O)c1ccccc1C2=O. The summed E-state index contributed by atoms with van der Waals surface area (Å²) in [6, 6.07) is 28.2. The first kappa shape index (κ1) is 17.1. The Morgan fingerprint density at radius 1 is 0.483 bits per heavy atom. The Morgan fingerprint density at radius 3 is 1.55 bits per heavy atom. The molecule has 0 fully saturated rings. The van der Waals surface area contributed by atoms with Crippen LogP contribution in [0.1, 0.15) is 31.8 Å². The zero-order chi connectivity index (χ0) is 20.0. The van der Waals surface area contributed by atoms with Crippen molar-refractivity contribution in [1.82, 2.24) is 0 Å². The van der Waals surface area contributed by atoms with Crippen LogP contribution in [0, 0.1) is 0 Å². The van der Waals surface area contributed by atoms with E-state index in [0.29, 0.717) is 27.9 Å². The van der Waals surface area contributed by atoms with E-state index in [9.17, 15) is 9.59 Å². The maximum absolute atomic E-state index is 13.6. The Kier molecular flexibility index (Phi) is 3.88. The molecule has 0 bridgehead atoms. The van der Waals surface area contributed by atoms with Gasteiger partial charge in [-0.2, -0.15) is 0 Å². The minimum absolute atomic E-state index is 0.168. The number of hydrogen-bond acceptors (Lipinski definition) is 3. The van der Waals surface area contributed by atoms with E-state index in [1.54, 1.807) is 24.3 Å². The van der Waals surface area contributed by atoms with Gasteiger partial charge in [0, 0.05) is 27.9 Å². The summed E-state index contributed by atoms with van der Waals surface area (Å²) in [5.74, 6) is -0.372. The second-order valence-corrected chi connectivity index (χ2v) is 7.07. The third kappa shape index (κ3) is 2.59. The van der Waals surface area contributed by atoms with Crippen LogP contribution in [0.2, 0.25) is 0 Å². The van der Waals surface area contributed by atoms with E-state index < -0.39 is 0 Å². The van der Waals surface area contributed by atoms with Crippen LogP contribution in [-0.2, 0) is 0 Å². The second kappa shape index (κ2) is 6.57. The molecule has 0 radical (unpaired) electrons. The van der Waals surface area contributed by atoms with Gasteiger partial charge in [0.2, 0.25) is 0 Å². The van der Waals surface area contributed by atoms with Gasteiger partial charge in [-0.05, 0) is 22.8 Å². The third-order valence-corrected chi connectivity index (χ3v) is 5.38. The molecule has 0 saturated heterocycles. The Morgan fingerprint density at radius 2 is 0.966 bits per heavy atom. The standard InChI is InChI=1S/C26H17NO2/c27-21-15-20(16-9-3-1-4-10-16)22(17-11-5-2-6-12-17)24-23(21)25(28)18-13-7-8-14-19(18)26(24)29/h1-15H,27H2. The van der Waals surface area contributed by atoms with Crippen LogP contribution in [0.4, 0.5) is 5.69 Å². The third-order valence-electron chi connectivity index (χ3n) is 5.38. The Labute approximate surface area is 168 Å². The van der Waals surface area contributed by atoms with Gasteiger partial charge in [0.05, 0.1) is 5.56 Å². The van der Waals surface area contributed by atoms with Gasteiger partial charge in [0.15, 0.2) is 11.6 Å². The van der Waals surface area contributed by atoms with Crippen LogP contribution in [0.25, 0.3) is 22.3 Å². The minimum atomic E-state index is -0.204. The lowest BCUT2D eigenvalue weighted by Gasteiger charge is -2.24. The molecule has 0 amide bonds. The van der Waals surface area contributed by atoms with Gasteiger partial charge in [0.25, 0.3) is 0 Å². The summed E-state index contributed by atoms with van der Waals surface area (Å²) in [4.78, 5) is 26.8. The van der Waals surface area contributed by atoms with E-state index in [2.05, 4.69) is 0 Å². The highest BCUT2D eigenvalue weighted by atomic mass is 16.1. The van der Waals surface area contributed by atoms with Gasteiger partial charge in [-0.15, -0.1) is 0 Å². The number of carbonyl (C=O) groups excluding carboxylic acids is 2. The number of carbonyl (C=O) groups is 2. The highest BCUT2D eigenvalue weighted by Crippen LogP contribution is 2.43. The lowest BCUT2D eigenvalue weighted by atomic mass is 9.77. The fourth-order valence-electron chi connectivity index (χ4n) is 4.07. The number of rotatable bonds is 2. The molecule has 0 saturated carbocycles. The van der Waals surface area contributed by atoms with E-state index in [4.69, 9.17) is 5.73 Å². The fourth-order valence-corrected chi connectivity index (χ4v) is 4.07. The first-order chi connectivity index (χ1) is 14.2. The normalized spacial score (nSPS) is 12.4. The maximum atomic E-state index is 13.6. The molecule has 138 valence electrons. The Balaban J connectivity index is 1.92. The van der Waals surface area contributed by atoms with E-state index in [0.717, 1.165) is 22.3 Å². The van der Waals surface area contributed by atoms with Crippen LogP contribution in [0.5, 0.6) is 0 Å². The van der Waals surface area contributed by atoms with Crippen LogP contribution in [0.15, 0.2) is 91.0 Å². The quantitative estimate of drug-likeness (QED) is 0.422. The maximum Gasteiger partial charge on any atom is 0.196 e. The molecule has 1 aliphatic carbocycles. The number of ketones is 2. The molecule has 29 heavy (non-hydrogen) atoms. The smallest absolute Gasteiger partial charge is 0.196 e. The average molecular weight is 375 g/mol. The molecular formula is C26H17NO2. The van der Waals surface area contributed by atoms with Crippen molar-refractivity contribution in [2.45, 2.75) is 0 Å². The predicted octanol–water partition coefficient (Wildman–Crippen LogP) is 5.38. The zero-order valence-electron chi connectivity index (χ0n) is 15.6. The van der Waals surface area contributed by atoms with Crippen molar-refractivity contribution >= 4 is 17.3 Å². The van der Waals surface area contributed by atoms with E-state index in [-0.39, 0.29) is 11.6 Å². The topological polar surface area (TPSA) is 60.2 Å². The molecule has 1 aliphatic rings. The second-order valence-electron chi connectivity index (χ2n) is 7.07. The molecular weight excluding hydrogens is 358 g/mol. The lowest BCUT2D eigenvalue weighted by molar-refractivity contribution is 0.0980. The molecule has 0 aromatic heterocycles. The van der Waals surface area contributed by atoms with Crippen molar-refractivity contribution < 1.29 is 9.59 Å². The molecule has 5 rings (SSSR count). The summed E-state index contributed by atoms with van der Waals surface area (Å²) in [6.45, 7) is 0. The van der Waals surface area contributed by atoms with Crippen LogP contribution >= 0.6 is 0 Å². The van der Waals surface area contributed by atoms with Crippen molar-refractivity contribution in [3.63, 3.8) is 0 Å². The van der Waals surface area contributed by atoms with Crippen molar-refractivity contribution in [3.8, 4) is 22.3 Å². The zero-order valence-corrected chi connectivity index (χ0v) is 15.6. The largest absolute Gasteiger partial charge is 0.398 e. The monoisotopic (exact) mass is 375 g/mol. The number of hydrogen-bond donors (Lipinski definition) is 1. The first-order valence-electron chi connectivity index (χ1n) is 9.42. The minimum Gasteiger partial charge on any atom is -0.398 e. The Bertz CT molecular complexity index is 1280. The number of anilines is 1. The van der Waals surface area contributed by atoms with Gasteiger partial charge in [-0.1, -0.05) is 84.9 Å². The molecule has 4 aromatic carbocycles. The van der Waals surface area contributed by atoms with E-state index >= 15 is 0 Å². The molecule has 0 heterocycles. The van der Waals surface area contributed by atoms with Gasteiger partial charge < -0.3 is 5.73 Å². The number of nitrogen functional groups attached to an aromatic ring is 1. The summed E-state index contributed by atoms with van der Waals surface area (Å²) in [5.41, 5.74) is 11.6. The predicted molar refractivity (Wildman–Crippen MR) is 115 cm³/mol. The number of nitrogens with two attached hydrogens (primary N) is 1. The first-order valence-corrected chi connectivity index (χ1v) is 9.42. The lowest BCUT2D eigenvalue weighted by Crippen LogP contribution is -2.23. The average Bonchev–Trinajstić information content (AvgIpc) is 2.78. The van der Waals surface area contributed by atoms with Crippen LogP contribution in [-0.4, -0.2) is 11.6 Å². The number of benzene rings is 4. The summed E-state index contributed by atoms with van der Waals surface area (Å²) < 4.78 is 0. The highest BCUT2D eigenvalue weighted by Gasteiger charge is 2.35. The van der Waals surface area contributed by atoms with E-state index in [1.165, 1.54) is 0 Å². The summed E-state index contributed by atoms with van der Waals surface area (Å²) in [6.07, 6.45) is 0. The highest BCUT2D eigenvalue weighted by molar-refractivity contribution is 6.32. The molecule has 2 N–H and O–H groups in total. The molecule has 0 aliphatic heterocycles. The van der Waals surface area contributed by atoms with Crippen molar-refractivity contribution in [2.75, 3.05) is 5.73 Å². The molecule has 0 atom stereocenters. The molecule has 0 unspecified atom stereocenters. The summed E-state index contributed by atoms with van der Waals surface area (Å²) in [7, 11) is 0. The van der Waals surface area contributed by atoms with Gasteiger partial charge in [-0.3, -0.25) is 9.59 Å². The summed E-state index contributed by atoms with van der Waals surface area (Å²) in [5, 5.41) is 0. The van der Waals surface area contributed by atoms with Crippen molar-refractivity contribution in [3.05, 3.63) is 113 Å². The van der Waals surface area contributed by atoms with E-state index in [1.807, 2.05) is 66.7 Å². The molecule has 3 nitrogen and oxygen atoms in total. The Hall–Kier alpha value is -3.98. The van der Waals surface area contributed by atoms with Gasteiger partial charge in [0.1, 0.15) is 0 Å².